The fourth-order valence-corrected chi connectivity index (χ4v) is 1.13. The lowest BCUT2D eigenvalue weighted by Crippen LogP contribution is -1.95. The van der Waals surface area contributed by atoms with Gasteiger partial charge in [-0.1, -0.05) is 52.3 Å². The van der Waals surface area contributed by atoms with Gasteiger partial charge in [-0.2, -0.15) is 0 Å². The Balaban J connectivity index is 4.60. The van der Waals surface area contributed by atoms with E-state index in [1.807, 2.05) is 0 Å². The summed E-state index contributed by atoms with van der Waals surface area (Å²) in [7, 11) is 0. The fraction of sp³-hybridized carbons (Fsp3) is 0.692. The van der Waals surface area contributed by atoms with Crippen LogP contribution < -0.4 is 0 Å². The number of rotatable bonds is 4. The summed E-state index contributed by atoms with van der Waals surface area (Å²) in [5.41, 5.74) is 2.96. The van der Waals surface area contributed by atoms with Gasteiger partial charge in [0.25, 0.3) is 0 Å². The van der Waals surface area contributed by atoms with E-state index in [1.165, 1.54) is 11.1 Å². The highest BCUT2D eigenvalue weighted by molar-refractivity contribution is 5.25. The van der Waals surface area contributed by atoms with Gasteiger partial charge >= 0.3 is 0 Å². The largest absolute Gasteiger partial charge is 0.0813 e. The third kappa shape index (κ3) is 4.92. The molecule has 0 radical (unpaired) electrons. The minimum Gasteiger partial charge on any atom is -0.0813 e. The van der Waals surface area contributed by atoms with Crippen molar-refractivity contribution in [2.45, 2.75) is 48.0 Å². The molecule has 0 saturated carbocycles. The maximum absolute atomic E-state index is 2.35. The van der Waals surface area contributed by atoms with Crippen molar-refractivity contribution in [2.75, 3.05) is 0 Å². The Morgan fingerprint density at radius 3 is 1.92 bits per heavy atom. The summed E-state index contributed by atoms with van der Waals surface area (Å²) in [4.78, 5) is 0. The van der Waals surface area contributed by atoms with Gasteiger partial charge in [-0.3, -0.25) is 0 Å². The SMILES string of the molecule is CC/C=C(\C=C(/C)C(C)C)C(C)C. The van der Waals surface area contributed by atoms with Crippen LogP contribution in [-0.4, -0.2) is 0 Å². The van der Waals surface area contributed by atoms with Crippen molar-refractivity contribution >= 4 is 0 Å². The third-order valence-electron chi connectivity index (χ3n) is 2.41. The molecule has 0 amide bonds. The summed E-state index contributed by atoms with van der Waals surface area (Å²) < 4.78 is 0. The van der Waals surface area contributed by atoms with Crippen molar-refractivity contribution in [1.29, 1.82) is 0 Å². The molecule has 0 aliphatic heterocycles. The molecule has 0 rings (SSSR count). The lowest BCUT2D eigenvalue weighted by Gasteiger charge is -2.10. The molecule has 0 aliphatic rings. The van der Waals surface area contributed by atoms with Crippen LogP contribution in [0.4, 0.5) is 0 Å². The molecule has 0 N–H and O–H groups in total. The molecule has 0 spiro atoms. The monoisotopic (exact) mass is 180 g/mol. The average Bonchev–Trinajstić information content (AvgIpc) is 2.03. The Kier molecular flexibility index (Phi) is 5.77. The van der Waals surface area contributed by atoms with E-state index < -0.39 is 0 Å². The summed E-state index contributed by atoms with van der Waals surface area (Å²) in [5.74, 6) is 1.31. The highest BCUT2D eigenvalue weighted by Gasteiger charge is 2.01. The summed E-state index contributed by atoms with van der Waals surface area (Å²) >= 11 is 0. The van der Waals surface area contributed by atoms with E-state index in [1.54, 1.807) is 0 Å². The highest BCUT2D eigenvalue weighted by atomic mass is 14.1. The van der Waals surface area contributed by atoms with Gasteiger partial charge in [0.2, 0.25) is 0 Å². The van der Waals surface area contributed by atoms with Gasteiger partial charge in [0.15, 0.2) is 0 Å². The molecule has 13 heavy (non-hydrogen) atoms. The molecule has 0 nitrogen and oxygen atoms in total. The molecule has 0 heteroatoms. The molecule has 76 valence electrons. The van der Waals surface area contributed by atoms with Crippen molar-refractivity contribution in [3.63, 3.8) is 0 Å². The lowest BCUT2D eigenvalue weighted by atomic mass is 9.96. The van der Waals surface area contributed by atoms with E-state index in [4.69, 9.17) is 0 Å². The first kappa shape index (κ1) is 12.5. The highest BCUT2D eigenvalue weighted by Crippen LogP contribution is 2.17. The predicted octanol–water partition coefficient (Wildman–Crippen LogP) is 4.58. The summed E-state index contributed by atoms with van der Waals surface area (Å²) in [6.45, 7) is 13.4. The van der Waals surface area contributed by atoms with Crippen LogP contribution in [-0.2, 0) is 0 Å². The molecule has 0 bridgehead atoms. The molecule has 0 aromatic rings. The fourth-order valence-electron chi connectivity index (χ4n) is 1.13. The minimum atomic E-state index is 0.647. The van der Waals surface area contributed by atoms with Crippen LogP contribution in [0.5, 0.6) is 0 Å². The van der Waals surface area contributed by atoms with Gasteiger partial charge in [-0.25, -0.2) is 0 Å². The first-order chi connectivity index (χ1) is 5.99. The number of hydrogen-bond acceptors (Lipinski definition) is 0. The maximum atomic E-state index is 2.35. The first-order valence-electron chi connectivity index (χ1n) is 5.37. The average molecular weight is 180 g/mol. The van der Waals surface area contributed by atoms with Gasteiger partial charge in [-0.05, 0) is 30.8 Å². The summed E-state index contributed by atoms with van der Waals surface area (Å²) in [5, 5.41) is 0. The van der Waals surface area contributed by atoms with Gasteiger partial charge < -0.3 is 0 Å². The van der Waals surface area contributed by atoms with Crippen molar-refractivity contribution in [3.05, 3.63) is 23.3 Å². The molecule has 0 fully saturated rings. The maximum Gasteiger partial charge on any atom is -0.0222 e. The zero-order valence-electron chi connectivity index (χ0n) is 10.0. The van der Waals surface area contributed by atoms with Crippen LogP contribution >= 0.6 is 0 Å². The van der Waals surface area contributed by atoms with Gasteiger partial charge in [0.05, 0.1) is 0 Å². The zero-order valence-corrected chi connectivity index (χ0v) is 10.0. The molecule has 0 atom stereocenters. The van der Waals surface area contributed by atoms with Crippen LogP contribution in [0.1, 0.15) is 48.0 Å². The zero-order chi connectivity index (χ0) is 10.4. The Labute approximate surface area is 83.7 Å². The van der Waals surface area contributed by atoms with Crippen LogP contribution in [0.25, 0.3) is 0 Å². The van der Waals surface area contributed by atoms with E-state index in [-0.39, 0.29) is 0 Å². The Morgan fingerprint density at radius 1 is 1.08 bits per heavy atom. The van der Waals surface area contributed by atoms with Crippen molar-refractivity contribution in [1.82, 2.24) is 0 Å². The normalized spacial score (nSPS) is 14.5. The minimum absolute atomic E-state index is 0.647. The molecule has 0 aromatic heterocycles. The number of allylic oxidation sites excluding steroid dienone is 4. The van der Waals surface area contributed by atoms with Crippen molar-refractivity contribution in [2.24, 2.45) is 11.8 Å². The molecule has 0 heterocycles. The van der Waals surface area contributed by atoms with E-state index in [2.05, 4.69) is 53.7 Å². The van der Waals surface area contributed by atoms with Gasteiger partial charge in [0, 0.05) is 0 Å². The molecular formula is C13H24. The van der Waals surface area contributed by atoms with Crippen LogP contribution in [0.15, 0.2) is 23.3 Å². The topological polar surface area (TPSA) is 0 Å². The standard InChI is InChI=1S/C13H24/c1-7-8-13(11(4)5)9-12(6)10(2)3/h8-11H,7H2,1-6H3/b12-9+,13-8+. The lowest BCUT2D eigenvalue weighted by molar-refractivity contribution is 0.746. The smallest absolute Gasteiger partial charge is 0.0222 e. The second kappa shape index (κ2) is 6.01. The number of hydrogen-bond donors (Lipinski definition) is 0. The Hall–Kier alpha value is -0.520. The quantitative estimate of drug-likeness (QED) is 0.555. The van der Waals surface area contributed by atoms with E-state index in [0.717, 1.165) is 6.42 Å². The van der Waals surface area contributed by atoms with Gasteiger partial charge in [0.1, 0.15) is 0 Å². The van der Waals surface area contributed by atoms with E-state index in [0.29, 0.717) is 11.8 Å². The van der Waals surface area contributed by atoms with Crippen molar-refractivity contribution < 1.29 is 0 Å². The molecule has 0 unspecified atom stereocenters. The third-order valence-corrected chi connectivity index (χ3v) is 2.41. The predicted molar refractivity (Wildman–Crippen MR) is 61.8 cm³/mol. The molecule has 0 aliphatic carbocycles. The van der Waals surface area contributed by atoms with E-state index >= 15 is 0 Å². The first-order valence-corrected chi connectivity index (χ1v) is 5.37. The van der Waals surface area contributed by atoms with Crippen LogP contribution in [0.2, 0.25) is 0 Å². The van der Waals surface area contributed by atoms with E-state index in [9.17, 15) is 0 Å². The van der Waals surface area contributed by atoms with Crippen LogP contribution in [0.3, 0.4) is 0 Å². The summed E-state index contributed by atoms with van der Waals surface area (Å²) in [6.07, 6.45) is 5.81. The second-order valence-corrected chi connectivity index (χ2v) is 4.31. The van der Waals surface area contributed by atoms with Gasteiger partial charge in [-0.15, -0.1) is 0 Å². The van der Waals surface area contributed by atoms with Crippen LogP contribution in [0, 0.1) is 11.8 Å². The molecular weight excluding hydrogens is 156 g/mol. The Bertz CT molecular complexity index is 192. The summed E-state index contributed by atoms with van der Waals surface area (Å²) in [6, 6.07) is 0. The molecule has 0 saturated heterocycles. The van der Waals surface area contributed by atoms with Crippen molar-refractivity contribution in [3.8, 4) is 0 Å². The second-order valence-electron chi connectivity index (χ2n) is 4.31. The Morgan fingerprint density at radius 2 is 1.62 bits per heavy atom. The molecule has 0 aromatic carbocycles.